The summed E-state index contributed by atoms with van der Waals surface area (Å²) in [6.07, 6.45) is 1.54. The van der Waals surface area contributed by atoms with Gasteiger partial charge in [-0.05, 0) is 24.3 Å². The lowest BCUT2D eigenvalue weighted by atomic mass is 10.1. The molecule has 2 rings (SSSR count). The number of halogens is 2. The molecule has 1 aromatic carbocycles. The number of hydrogen-bond acceptors (Lipinski definition) is 3. The number of benzene rings is 1. The lowest BCUT2D eigenvalue weighted by molar-refractivity contribution is 0.568. The van der Waals surface area contributed by atoms with E-state index >= 15 is 0 Å². The summed E-state index contributed by atoms with van der Waals surface area (Å²) < 4.78 is 26.3. The van der Waals surface area contributed by atoms with E-state index < -0.39 is 11.6 Å². The summed E-state index contributed by atoms with van der Waals surface area (Å²) in [5.74, 6) is -0.933. The molecular weight excluding hydrogens is 248 g/mol. The monoisotopic (exact) mass is 259 g/mol. The van der Waals surface area contributed by atoms with Gasteiger partial charge in [-0.3, -0.25) is 0 Å². The molecule has 0 aliphatic carbocycles. The van der Waals surface area contributed by atoms with Crippen LogP contribution in [0.3, 0.4) is 0 Å². The maximum absolute atomic E-state index is 13.4. The molecule has 0 bridgehead atoms. The predicted octanol–water partition coefficient (Wildman–Crippen LogP) is 2.52. The second kappa shape index (κ2) is 6.03. The molecule has 0 atom stereocenters. The Hall–Kier alpha value is -2.32. The Kier molecular flexibility index (Phi) is 4.16. The van der Waals surface area contributed by atoms with E-state index in [1.54, 1.807) is 12.1 Å². The first-order chi connectivity index (χ1) is 9.20. The van der Waals surface area contributed by atoms with Gasteiger partial charge in [0.2, 0.25) is 0 Å². The molecule has 0 radical (unpaired) electrons. The highest BCUT2D eigenvalue weighted by Crippen LogP contribution is 2.10. The topological polar surface area (TPSA) is 48.7 Å². The Morgan fingerprint density at radius 1 is 1.16 bits per heavy atom. The molecule has 2 aromatic rings. The molecule has 0 unspecified atom stereocenters. The SMILES string of the molecule is N#Cc1ncccc1CNCc1cc(F)ccc1F. The number of hydrogen-bond donors (Lipinski definition) is 1. The molecule has 1 N–H and O–H groups in total. The van der Waals surface area contributed by atoms with E-state index in [0.29, 0.717) is 12.2 Å². The smallest absolute Gasteiger partial charge is 0.144 e. The molecule has 0 aliphatic rings. The number of rotatable bonds is 4. The second-order valence-electron chi connectivity index (χ2n) is 3.96. The van der Waals surface area contributed by atoms with Gasteiger partial charge in [0.25, 0.3) is 0 Å². The average molecular weight is 259 g/mol. The Balaban J connectivity index is 2.01. The molecule has 19 heavy (non-hydrogen) atoms. The fourth-order valence-electron chi connectivity index (χ4n) is 1.69. The third kappa shape index (κ3) is 3.33. The Morgan fingerprint density at radius 2 is 1.95 bits per heavy atom. The van der Waals surface area contributed by atoms with Crippen LogP contribution in [0.15, 0.2) is 36.5 Å². The molecule has 96 valence electrons. The Labute approximate surface area is 109 Å². The van der Waals surface area contributed by atoms with Gasteiger partial charge in [0.15, 0.2) is 0 Å². The first-order valence-corrected chi connectivity index (χ1v) is 5.69. The van der Waals surface area contributed by atoms with E-state index in [1.165, 1.54) is 6.20 Å². The quantitative estimate of drug-likeness (QED) is 0.917. The molecule has 0 amide bonds. The molecule has 1 aromatic heterocycles. The van der Waals surface area contributed by atoms with Gasteiger partial charge in [-0.2, -0.15) is 5.26 Å². The third-order valence-corrected chi connectivity index (χ3v) is 2.64. The van der Waals surface area contributed by atoms with Gasteiger partial charge < -0.3 is 5.32 Å². The van der Waals surface area contributed by atoms with Gasteiger partial charge in [0.05, 0.1) is 0 Å². The molecule has 0 fully saturated rings. The van der Waals surface area contributed by atoms with Crippen molar-refractivity contribution < 1.29 is 8.78 Å². The van der Waals surface area contributed by atoms with Crippen molar-refractivity contribution >= 4 is 0 Å². The van der Waals surface area contributed by atoms with Crippen LogP contribution >= 0.6 is 0 Å². The van der Waals surface area contributed by atoms with Crippen molar-refractivity contribution in [3.8, 4) is 6.07 Å². The zero-order chi connectivity index (χ0) is 13.7. The molecule has 0 saturated carbocycles. The van der Waals surface area contributed by atoms with Crippen LogP contribution in [0.1, 0.15) is 16.8 Å². The van der Waals surface area contributed by atoms with Crippen LogP contribution in [0.4, 0.5) is 8.78 Å². The first kappa shape index (κ1) is 13.1. The average Bonchev–Trinajstić information content (AvgIpc) is 2.43. The van der Waals surface area contributed by atoms with Crippen LogP contribution in [0.5, 0.6) is 0 Å². The van der Waals surface area contributed by atoms with Crippen molar-refractivity contribution in [3.05, 3.63) is 65.0 Å². The summed E-state index contributed by atoms with van der Waals surface area (Å²) >= 11 is 0. The van der Waals surface area contributed by atoms with Crippen molar-refractivity contribution in [2.75, 3.05) is 0 Å². The van der Waals surface area contributed by atoms with Gasteiger partial charge in [-0.15, -0.1) is 0 Å². The van der Waals surface area contributed by atoms with Gasteiger partial charge >= 0.3 is 0 Å². The van der Waals surface area contributed by atoms with Crippen molar-refractivity contribution in [2.24, 2.45) is 0 Å². The summed E-state index contributed by atoms with van der Waals surface area (Å²) in [5.41, 5.74) is 1.30. The zero-order valence-corrected chi connectivity index (χ0v) is 10.0. The van der Waals surface area contributed by atoms with E-state index in [1.807, 2.05) is 6.07 Å². The van der Waals surface area contributed by atoms with E-state index in [0.717, 1.165) is 23.8 Å². The lowest BCUT2D eigenvalue weighted by Crippen LogP contribution is -2.15. The number of nitrogens with one attached hydrogen (secondary N) is 1. The molecule has 5 heteroatoms. The van der Waals surface area contributed by atoms with E-state index in [9.17, 15) is 8.78 Å². The lowest BCUT2D eigenvalue weighted by Gasteiger charge is -2.07. The fraction of sp³-hybridized carbons (Fsp3) is 0.143. The first-order valence-electron chi connectivity index (χ1n) is 5.69. The highest BCUT2D eigenvalue weighted by atomic mass is 19.1. The highest BCUT2D eigenvalue weighted by molar-refractivity contribution is 5.30. The Bertz CT molecular complexity index is 620. The fourth-order valence-corrected chi connectivity index (χ4v) is 1.69. The zero-order valence-electron chi connectivity index (χ0n) is 10.0. The minimum absolute atomic E-state index is 0.184. The van der Waals surface area contributed by atoms with Crippen molar-refractivity contribution in [3.63, 3.8) is 0 Å². The Morgan fingerprint density at radius 3 is 2.74 bits per heavy atom. The van der Waals surface area contributed by atoms with E-state index in [4.69, 9.17) is 5.26 Å². The summed E-state index contributed by atoms with van der Waals surface area (Å²) in [7, 11) is 0. The van der Waals surface area contributed by atoms with Gasteiger partial charge in [-0.25, -0.2) is 13.8 Å². The van der Waals surface area contributed by atoms with Crippen LogP contribution in [0.25, 0.3) is 0 Å². The molecule has 1 heterocycles. The van der Waals surface area contributed by atoms with E-state index in [2.05, 4.69) is 10.3 Å². The van der Waals surface area contributed by atoms with Crippen LogP contribution in [0, 0.1) is 23.0 Å². The standard InChI is InChI=1S/C14H11F2N3/c15-12-3-4-13(16)11(6-12)9-18-8-10-2-1-5-19-14(10)7-17/h1-6,18H,8-9H2. The number of nitriles is 1. The molecule has 0 spiro atoms. The summed E-state index contributed by atoms with van der Waals surface area (Å²) in [5, 5.41) is 11.8. The summed E-state index contributed by atoms with van der Waals surface area (Å²) in [6, 6.07) is 8.79. The maximum atomic E-state index is 13.4. The van der Waals surface area contributed by atoms with Crippen LogP contribution in [-0.4, -0.2) is 4.98 Å². The van der Waals surface area contributed by atoms with Gasteiger partial charge in [0, 0.05) is 30.4 Å². The number of aromatic nitrogens is 1. The van der Waals surface area contributed by atoms with Crippen LogP contribution in [-0.2, 0) is 13.1 Å². The van der Waals surface area contributed by atoms with Crippen molar-refractivity contribution in [1.29, 1.82) is 5.26 Å². The van der Waals surface area contributed by atoms with Crippen LogP contribution in [0.2, 0.25) is 0 Å². The number of nitrogens with zero attached hydrogens (tertiary/aromatic N) is 2. The molecular formula is C14H11F2N3. The van der Waals surface area contributed by atoms with E-state index in [-0.39, 0.29) is 12.1 Å². The van der Waals surface area contributed by atoms with Gasteiger partial charge in [-0.1, -0.05) is 6.07 Å². The maximum Gasteiger partial charge on any atom is 0.144 e. The predicted molar refractivity (Wildman–Crippen MR) is 65.9 cm³/mol. The number of pyridine rings is 1. The highest BCUT2D eigenvalue weighted by Gasteiger charge is 2.05. The van der Waals surface area contributed by atoms with Crippen molar-refractivity contribution in [2.45, 2.75) is 13.1 Å². The minimum atomic E-state index is -0.475. The van der Waals surface area contributed by atoms with Crippen molar-refractivity contribution in [1.82, 2.24) is 10.3 Å². The normalized spacial score (nSPS) is 10.2. The van der Waals surface area contributed by atoms with Gasteiger partial charge in [0.1, 0.15) is 23.4 Å². The summed E-state index contributed by atoms with van der Waals surface area (Å²) in [6.45, 7) is 0.552. The largest absolute Gasteiger partial charge is 0.308 e. The molecule has 0 aliphatic heterocycles. The second-order valence-corrected chi connectivity index (χ2v) is 3.96. The van der Waals surface area contributed by atoms with Crippen LogP contribution < -0.4 is 5.32 Å². The molecule has 3 nitrogen and oxygen atoms in total. The third-order valence-electron chi connectivity index (χ3n) is 2.64. The minimum Gasteiger partial charge on any atom is -0.308 e. The summed E-state index contributed by atoms with van der Waals surface area (Å²) in [4.78, 5) is 3.92. The molecule has 0 saturated heterocycles.